The maximum Gasteiger partial charge on any atom is 0.166 e. The summed E-state index contributed by atoms with van der Waals surface area (Å²) in [7, 11) is 0. The first-order valence-electron chi connectivity index (χ1n) is 12.8. The Morgan fingerprint density at radius 2 is 1.59 bits per heavy atom. The molecule has 5 nitrogen and oxygen atoms in total. The molecule has 0 radical (unpaired) electrons. The molecule has 1 aliphatic carbocycles. The van der Waals surface area contributed by atoms with Gasteiger partial charge in [0, 0.05) is 24.9 Å². The summed E-state index contributed by atoms with van der Waals surface area (Å²) in [6.45, 7) is 7.75. The van der Waals surface area contributed by atoms with Gasteiger partial charge in [0.1, 0.15) is 17.4 Å². The molecule has 1 atom stereocenters. The molecule has 3 aliphatic rings. The monoisotopic (exact) mass is 503 g/mol. The van der Waals surface area contributed by atoms with Gasteiger partial charge in [0.15, 0.2) is 5.06 Å². The molecule has 2 fully saturated rings. The van der Waals surface area contributed by atoms with E-state index in [9.17, 15) is 0 Å². The van der Waals surface area contributed by atoms with Crippen molar-refractivity contribution in [3.05, 3.63) is 40.6 Å². The van der Waals surface area contributed by atoms with E-state index in [0.717, 1.165) is 61.4 Å². The Hall–Kier alpha value is -1.37. The molecule has 5 rings (SSSR count). The molecule has 7 heteroatoms. The van der Waals surface area contributed by atoms with Crippen LogP contribution in [0, 0.1) is 0 Å². The van der Waals surface area contributed by atoms with Crippen LogP contribution in [0.3, 0.4) is 0 Å². The molecule has 34 heavy (non-hydrogen) atoms. The number of rotatable bonds is 8. The van der Waals surface area contributed by atoms with Gasteiger partial charge >= 0.3 is 0 Å². The standard InChI is InChI=1S/C27H35Cl2N3O2/c28-25-24(33-17-15-31-11-3-1-4-12-31)8-7-22-19-21-9-10-27(29,20-23(21)30-26(22)25)34-18-16-32-13-5-2-6-14-32/h7-10,19H,1-6,11-18,20H2. The number of hydrogen-bond donors (Lipinski definition) is 0. The third-order valence-corrected chi connectivity index (χ3v) is 7.97. The molecule has 1 aromatic carbocycles. The lowest BCUT2D eigenvalue weighted by Gasteiger charge is -2.31. The Labute approximate surface area is 213 Å². The SMILES string of the molecule is Clc1c(OCCN2CCCCC2)ccc2cc3c(nc12)CC(Cl)(OCCN1CCCCC1)C=C3. The molecule has 3 heterocycles. The largest absolute Gasteiger partial charge is 0.491 e. The van der Waals surface area contributed by atoms with Crippen molar-refractivity contribution in [1.29, 1.82) is 0 Å². The van der Waals surface area contributed by atoms with Crippen molar-refractivity contribution in [3.8, 4) is 5.75 Å². The summed E-state index contributed by atoms with van der Waals surface area (Å²) < 4.78 is 12.2. The Morgan fingerprint density at radius 1 is 0.912 bits per heavy atom. The van der Waals surface area contributed by atoms with Gasteiger partial charge in [-0.15, -0.1) is 0 Å². The van der Waals surface area contributed by atoms with Crippen molar-refractivity contribution in [3.63, 3.8) is 0 Å². The number of benzene rings is 1. The Balaban J connectivity index is 1.24. The number of piperidine rings is 2. The van der Waals surface area contributed by atoms with Gasteiger partial charge in [-0.2, -0.15) is 0 Å². The van der Waals surface area contributed by atoms with E-state index in [2.05, 4.69) is 15.9 Å². The zero-order chi connectivity index (χ0) is 23.4. The molecule has 0 amide bonds. The fraction of sp³-hybridized carbons (Fsp3) is 0.593. The van der Waals surface area contributed by atoms with Gasteiger partial charge in [0.05, 0.1) is 17.8 Å². The minimum Gasteiger partial charge on any atom is -0.491 e. The number of ether oxygens (including phenoxy) is 2. The number of hydrogen-bond acceptors (Lipinski definition) is 5. The van der Waals surface area contributed by atoms with Crippen LogP contribution in [0.15, 0.2) is 24.3 Å². The minimum atomic E-state index is -0.863. The van der Waals surface area contributed by atoms with Crippen LogP contribution in [0.25, 0.3) is 17.0 Å². The highest BCUT2D eigenvalue weighted by Gasteiger charge is 2.31. The van der Waals surface area contributed by atoms with Crippen LogP contribution in [0.4, 0.5) is 0 Å². The molecule has 2 aromatic rings. The number of alkyl halides is 1. The van der Waals surface area contributed by atoms with Crippen molar-refractivity contribution in [2.45, 2.75) is 50.0 Å². The van der Waals surface area contributed by atoms with Gasteiger partial charge in [-0.05, 0) is 81.7 Å². The van der Waals surface area contributed by atoms with Crippen LogP contribution in [-0.2, 0) is 11.2 Å². The van der Waals surface area contributed by atoms with Gasteiger partial charge in [0.2, 0.25) is 0 Å². The zero-order valence-corrected chi connectivity index (χ0v) is 21.4. The molecule has 0 saturated carbocycles. The quantitative estimate of drug-likeness (QED) is 0.428. The van der Waals surface area contributed by atoms with Crippen molar-refractivity contribution in [1.82, 2.24) is 14.8 Å². The average Bonchev–Trinajstić information content (AvgIpc) is 2.86. The van der Waals surface area contributed by atoms with Gasteiger partial charge in [-0.1, -0.05) is 42.1 Å². The van der Waals surface area contributed by atoms with Crippen LogP contribution < -0.4 is 4.74 Å². The first-order chi connectivity index (χ1) is 16.6. The normalized spacial score (nSPS) is 23.8. The molecule has 1 aromatic heterocycles. The molecule has 2 aliphatic heterocycles. The molecule has 184 valence electrons. The van der Waals surface area contributed by atoms with Crippen LogP contribution in [-0.4, -0.2) is 72.3 Å². The molecule has 2 saturated heterocycles. The fourth-order valence-electron chi connectivity index (χ4n) is 5.23. The van der Waals surface area contributed by atoms with E-state index in [1.165, 1.54) is 38.5 Å². The molecular weight excluding hydrogens is 469 g/mol. The summed E-state index contributed by atoms with van der Waals surface area (Å²) in [5.74, 6) is 0.694. The Kier molecular flexibility index (Phi) is 7.97. The number of fused-ring (bicyclic) bond motifs is 2. The van der Waals surface area contributed by atoms with E-state index in [1.54, 1.807) is 0 Å². The molecular formula is C27H35Cl2N3O2. The molecule has 1 unspecified atom stereocenters. The number of halogens is 2. The predicted molar refractivity (Wildman–Crippen MR) is 140 cm³/mol. The first kappa shape index (κ1) is 24.3. The molecule has 0 bridgehead atoms. The second kappa shape index (κ2) is 11.1. The van der Waals surface area contributed by atoms with Crippen molar-refractivity contribution in [2.75, 3.05) is 52.5 Å². The predicted octanol–water partition coefficient (Wildman–Crippen LogP) is 5.76. The van der Waals surface area contributed by atoms with E-state index >= 15 is 0 Å². The summed E-state index contributed by atoms with van der Waals surface area (Å²) in [5.41, 5.74) is 2.74. The van der Waals surface area contributed by atoms with Crippen LogP contribution in [0.5, 0.6) is 5.75 Å². The topological polar surface area (TPSA) is 37.8 Å². The fourth-order valence-corrected chi connectivity index (χ4v) is 5.77. The molecule has 0 N–H and O–H groups in total. The summed E-state index contributed by atoms with van der Waals surface area (Å²) in [4.78, 5) is 9.84. The average molecular weight is 505 g/mol. The summed E-state index contributed by atoms with van der Waals surface area (Å²) >= 11 is 13.6. The van der Waals surface area contributed by atoms with Gasteiger partial charge in [-0.25, -0.2) is 0 Å². The maximum absolute atomic E-state index is 6.86. The summed E-state index contributed by atoms with van der Waals surface area (Å²) in [6, 6.07) is 6.12. The van der Waals surface area contributed by atoms with Crippen molar-refractivity contribution in [2.24, 2.45) is 0 Å². The van der Waals surface area contributed by atoms with Crippen molar-refractivity contribution >= 4 is 40.2 Å². The summed E-state index contributed by atoms with van der Waals surface area (Å²) in [6.07, 6.45) is 12.3. The number of pyridine rings is 1. The zero-order valence-electron chi connectivity index (χ0n) is 19.9. The van der Waals surface area contributed by atoms with E-state index in [4.69, 9.17) is 37.7 Å². The van der Waals surface area contributed by atoms with Gasteiger partial charge in [-0.3, -0.25) is 9.88 Å². The Bertz CT molecular complexity index is 1020. The van der Waals surface area contributed by atoms with E-state index in [-0.39, 0.29) is 0 Å². The lowest BCUT2D eigenvalue weighted by molar-refractivity contribution is 0.0338. The highest BCUT2D eigenvalue weighted by Crippen LogP contribution is 2.37. The van der Waals surface area contributed by atoms with Gasteiger partial charge < -0.3 is 14.4 Å². The third-order valence-electron chi connectivity index (χ3n) is 7.24. The number of aromatic nitrogens is 1. The van der Waals surface area contributed by atoms with Crippen LogP contribution in [0.2, 0.25) is 5.02 Å². The first-order valence-corrected chi connectivity index (χ1v) is 13.6. The lowest BCUT2D eigenvalue weighted by Crippen LogP contribution is -2.36. The molecule has 0 spiro atoms. The van der Waals surface area contributed by atoms with Crippen LogP contribution >= 0.6 is 23.2 Å². The lowest BCUT2D eigenvalue weighted by atomic mass is 9.98. The minimum absolute atomic E-state index is 0.521. The summed E-state index contributed by atoms with van der Waals surface area (Å²) in [5, 5.41) is 0.711. The van der Waals surface area contributed by atoms with E-state index in [1.807, 2.05) is 24.3 Å². The van der Waals surface area contributed by atoms with Gasteiger partial charge in [0.25, 0.3) is 0 Å². The second-order valence-corrected chi connectivity index (χ2v) is 10.8. The van der Waals surface area contributed by atoms with Crippen LogP contribution in [0.1, 0.15) is 49.8 Å². The highest BCUT2D eigenvalue weighted by molar-refractivity contribution is 6.36. The highest BCUT2D eigenvalue weighted by atomic mass is 35.5. The number of nitrogens with zero attached hydrogens (tertiary/aromatic N) is 3. The second-order valence-electron chi connectivity index (χ2n) is 9.77. The maximum atomic E-state index is 6.86. The number of likely N-dealkylation sites (tertiary alicyclic amines) is 2. The van der Waals surface area contributed by atoms with Crippen molar-refractivity contribution < 1.29 is 9.47 Å². The van der Waals surface area contributed by atoms with E-state index in [0.29, 0.717) is 30.4 Å². The smallest absolute Gasteiger partial charge is 0.166 e. The third kappa shape index (κ3) is 5.88. The Morgan fingerprint density at radius 3 is 2.29 bits per heavy atom. The van der Waals surface area contributed by atoms with E-state index < -0.39 is 5.06 Å².